The van der Waals surface area contributed by atoms with Crippen molar-refractivity contribution < 1.29 is 4.39 Å². The van der Waals surface area contributed by atoms with Crippen LogP contribution in [0, 0.1) is 5.82 Å². The molecule has 0 aliphatic rings. The first-order valence-corrected chi connectivity index (χ1v) is 6.76. The molecular formula is C12H8FIN3P. The molecule has 3 nitrogen and oxygen atoms in total. The summed E-state index contributed by atoms with van der Waals surface area (Å²) in [6.45, 7) is 0. The molecule has 90 valence electrons. The molecule has 0 saturated heterocycles. The quantitative estimate of drug-likeness (QED) is 0.487. The predicted octanol–water partition coefficient (Wildman–Crippen LogP) is 2.94. The lowest BCUT2D eigenvalue weighted by Gasteiger charge is -1.97. The number of pyridine rings is 1. The van der Waals surface area contributed by atoms with Crippen LogP contribution in [0.4, 0.5) is 4.39 Å². The van der Waals surface area contributed by atoms with E-state index in [-0.39, 0.29) is 5.82 Å². The van der Waals surface area contributed by atoms with E-state index < -0.39 is 0 Å². The van der Waals surface area contributed by atoms with Crippen molar-refractivity contribution in [2.45, 2.75) is 0 Å². The molecule has 0 saturated carbocycles. The Balaban J connectivity index is 2.26. The molecule has 0 amide bonds. The summed E-state index contributed by atoms with van der Waals surface area (Å²) in [6, 6.07) is 8.51. The zero-order chi connectivity index (χ0) is 12.7. The van der Waals surface area contributed by atoms with E-state index in [1.807, 2.05) is 35.0 Å². The summed E-state index contributed by atoms with van der Waals surface area (Å²) in [6.07, 6.45) is 1.77. The highest BCUT2D eigenvalue weighted by molar-refractivity contribution is 14.1. The molecule has 0 fully saturated rings. The van der Waals surface area contributed by atoms with Gasteiger partial charge < -0.3 is 0 Å². The van der Waals surface area contributed by atoms with Gasteiger partial charge in [0.05, 0.1) is 34.1 Å². The summed E-state index contributed by atoms with van der Waals surface area (Å²) >= 11 is 2.04. The normalized spacial score (nSPS) is 11.1. The van der Waals surface area contributed by atoms with E-state index in [0.29, 0.717) is 0 Å². The molecule has 3 rings (SSSR count). The van der Waals surface area contributed by atoms with Gasteiger partial charge in [-0.2, -0.15) is 5.10 Å². The number of halogens is 2. The van der Waals surface area contributed by atoms with Crippen LogP contribution >= 0.6 is 32.1 Å². The molecule has 18 heavy (non-hydrogen) atoms. The fraction of sp³-hybridized carbons (Fsp3) is 0. The van der Waals surface area contributed by atoms with Crippen molar-refractivity contribution in [3.63, 3.8) is 0 Å². The highest BCUT2D eigenvalue weighted by atomic mass is 127. The van der Waals surface area contributed by atoms with Crippen molar-refractivity contribution in [1.29, 1.82) is 0 Å². The van der Waals surface area contributed by atoms with Gasteiger partial charge in [0.2, 0.25) is 0 Å². The van der Waals surface area contributed by atoms with Crippen molar-refractivity contribution in [3.8, 4) is 11.4 Å². The van der Waals surface area contributed by atoms with Crippen molar-refractivity contribution in [2.24, 2.45) is 0 Å². The third-order valence-corrected chi connectivity index (χ3v) is 3.71. The van der Waals surface area contributed by atoms with Crippen LogP contribution in [0.5, 0.6) is 0 Å². The van der Waals surface area contributed by atoms with E-state index in [4.69, 9.17) is 0 Å². The summed E-state index contributed by atoms with van der Waals surface area (Å²) in [5, 5.41) is 6.31. The molecule has 0 bridgehead atoms. The van der Waals surface area contributed by atoms with Crippen LogP contribution in [0.1, 0.15) is 0 Å². The Morgan fingerprint density at radius 3 is 2.78 bits per heavy atom. The second-order valence-corrected chi connectivity index (χ2v) is 5.43. The first-order chi connectivity index (χ1) is 8.65. The monoisotopic (exact) mass is 371 g/mol. The van der Waals surface area contributed by atoms with Gasteiger partial charge in [-0.05, 0) is 23.5 Å². The zero-order valence-corrected chi connectivity index (χ0v) is 12.5. The molecule has 1 aromatic carbocycles. The SMILES string of the molecule is Fc1ccc2c(-c3ccc(P)cn3)nn(I)c2c1. The fourth-order valence-corrected chi connectivity index (χ4v) is 2.57. The Morgan fingerprint density at radius 1 is 1.22 bits per heavy atom. The van der Waals surface area contributed by atoms with Crippen molar-refractivity contribution >= 4 is 48.3 Å². The first kappa shape index (κ1) is 12.0. The summed E-state index contributed by atoms with van der Waals surface area (Å²) in [4.78, 5) is 4.34. The number of benzene rings is 1. The highest BCUT2D eigenvalue weighted by Crippen LogP contribution is 2.28. The van der Waals surface area contributed by atoms with Gasteiger partial charge in [0.15, 0.2) is 0 Å². The highest BCUT2D eigenvalue weighted by Gasteiger charge is 2.12. The largest absolute Gasteiger partial charge is 0.254 e. The van der Waals surface area contributed by atoms with Crippen LogP contribution in [0.15, 0.2) is 36.5 Å². The van der Waals surface area contributed by atoms with Crippen molar-refractivity contribution in [2.75, 3.05) is 0 Å². The summed E-state index contributed by atoms with van der Waals surface area (Å²) in [5.41, 5.74) is 2.31. The molecular weight excluding hydrogens is 363 g/mol. The van der Waals surface area contributed by atoms with Crippen LogP contribution < -0.4 is 5.30 Å². The minimum absolute atomic E-state index is 0.264. The van der Waals surface area contributed by atoms with E-state index in [1.165, 1.54) is 12.1 Å². The van der Waals surface area contributed by atoms with Crippen LogP contribution in [0.25, 0.3) is 22.3 Å². The topological polar surface area (TPSA) is 30.7 Å². The average molecular weight is 371 g/mol. The van der Waals surface area contributed by atoms with E-state index >= 15 is 0 Å². The molecule has 0 N–H and O–H groups in total. The predicted molar refractivity (Wildman–Crippen MR) is 81.7 cm³/mol. The Hall–Kier alpha value is -1.07. The lowest BCUT2D eigenvalue weighted by atomic mass is 10.1. The maximum absolute atomic E-state index is 13.2. The smallest absolute Gasteiger partial charge is 0.125 e. The number of rotatable bonds is 1. The number of nitrogens with zero attached hydrogens (tertiary/aromatic N) is 3. The Labute approximate surface area is 119 Å². The molecule has 1 atom stereocenters. The minimum atomic E-state index is -0.264. The molecule has 2 aromatic heterocycles. The molecule has 1 unspecified atom stereocenters. The van der Waals surface area contributed by atoms with E-state index in [0.717, 1.165) is 27.6 Å². The molecule has 6 heteroatoms. The van der Waals surface area contributed by atoms with E-state index in [1.54, 1.807) is 15.2 Å². The first-order valence-electron chi connectivity index (χ1n) is 5.21. The van der Waals surface area contributed by atoms with E-state index in [2.05, 4.69) is 19.3 Å². The lowest BCUT2D eigenvalue weighted by molar-refractivity contribution is 0.629. The maximum Gasteiger partial charge on any atom is 0.125 e. The van der Waals surface area contributed by atoms with Gasteiger partial charge in [0.1, 0.15) is 11.5 Å². The van der Waals surface area contributed by atoms with Gasteiger partial charge in [-0.3, -0.25) is 4.98 Å². The zero-order valence-electron chi connectivity index (χ0n) is 9.14. The summed E-state index contributed by atoms with van der Waals surface area (Å²) < 4.78 is 14.9. The molecule has 0 aliphatic heterocycles. The third-order valence-electron chi connectivity index (χ3n) is 2.63. The number of fused-ring (bicyclic) bond motifs is 1. The van der Waals surface area contributed by atoms with Crippen LogP contribution in [0.3, 0.4) is 0 Å². The third kappa shape index (κ3) is 2.01. The van der Waals surface area contributed by atoms with Crippen LogP contribution in [-0.4, -0.2) is 13.0 Å². The fourth-order valence-electron chi connectivity index (χ4n) is 1.79. The van der Waals surface area contributed by atoms with Crippen molar-refractivity contribution in [1.82, 2.24) is 13.0 Å². The van der Waals surface area contributed by atoms with Gasteiger partial charge in [-0.1, -0.05) is 6.07 Å². The Bertz CT molecular complexity index is 724. The van der Waals surface area contributed by atoms with Crippen LogP contribution in [0.2, 0.25) is 0 Å². The number of hydrogen-bond donors (Lipinski definition) is 0. The average Bonchev–Trinajstić information content (AvgIpc) is 2.68. The molecule has 3 aromatic rings. The van der Waals surface area contributed by atoms with Gasteiger partial charge >= 0.3 is 0 Å². The van der Waals surface area contributed by atoms with Crippen LogP contribution in [-0.2, 0) is 0 Å². The van der Waals surface area contributed by atoms with Gasteiger partial charge in [-0.25, -0.2) is 7.29 Å². The summed E-state index contributed by atoms with van der Waals surface area (Å²) in [7, 11) is 2.59. The standard InChI is InChI=1S/C12H8FIN3P/c13-7-1-3-9-11(5-7)17(14)16-12(9)10-4-2-8(18)6-15-10/h1-6H,18H2. The Morgan fingerprint density at radius 2 is 2.06 bits per heavy atom. The maximum atomic E-state index is 13.2. The molecule has 0 radical (unpaired) electrons. The van der Waals surface area contributed by atoms with E-state index in [9.17, 15) is 4.39 Å². The molecule has 0 spiro atoms. The second-order valence-electron chi connectivity index (χ2n) is 3.85. The Kier molecular flexibility index (Phi) is 3.03. The van der Waals surface area contributed by atoms with Gasteiger partial charge in [-0.15, -0.1) is 9.24 Å². The minimum Gasteiger partial charge on any atom is -0.254 e. The van der Waals surface area contributed by atoms with Gasteiger partial charge in [0, 0.05) is 17.6 Å². The number of aromatic nitrogens is 3. The van der Waals surface area contributed by atoms with Crippen molar-refractivity contribution in [3.05, 3.63) is 42.3 Å². The van der Waals surface area contributed by atoms with Gasteiger partial charge in [0.25, 0.3) is 0 Å². The molecule has 2 heterocycles. The molecule has 0 aliphatic carbocycles. The lowest BCUT2D eigenvalue weighted by Crippen LogP contribution is -1.93. The second kappa shape index (κ2) is 4.55. The number of hydrogen-bond acceptors (Lipinski definition) is 2. The summed E-state index contributed by atoms with van der Waals surface area (Å²) in [5.74, 6) is -0.264.